The highest BCUT2D eigenvalue weighted by Crippen LogP contribution is 2.33. The van der Waals surface area contributed by atoms with E-state index in [9.17, 15) is 0 Å². The third-order valence-corrected chi connectivity index (χ3v) is 4.67. The van der Waals surface area contributed by atoms with E-state index in [0.717, 1.165) is 34.4 Å². The first-order valence-electron chi connectivity index (χ1n) is 9.74. The Morgan fingerprint density at radius 3 is 2.97 bits per heavy atom. The van der Waals surface area contributed by atoms with E-state index >= 15 is 0 Å². The minimum atomic E-state index is 0.229. The van der Waals surface area contributed by atoms with Crippen LogP contribution in [0, 0.1) is 5.41 Å². The summed E-state index contributed by atoms with van der Waals surface area (Å²) >= 11 is 0. The molecule has 3 aromatic heterocycles. The number of nitrogens with two attached hydrogens (primary N) is 1. The highest BCUT2D eigenvalue weighted by molar-refractivity contribution is 5.91. The van der Waals surface area contributed by atoms with E-state index in [4.69, 9.17) is 20.9 Å². The average molecular weight is 393 g/mol. The van der Waals surface area contributed by atoms with Crippen LogP contribution in [-0.4, -0.2) is 39.1 Å². The molecule has 0 aliphatic carbocycles. The molecule has 8 nitrogen and oxygen atoms in total. The zero-order chi connectivity index (χ0) is 20.8. The average Bonchev–Trinajstić information content (AvgIpc) is 3.16. The van der Waals surface area contributed by atoms with Crippen molar-refractivity contribution in [2.24, 2.45) is 5.73 Å². The molecule has 0 aliphatic rings. The molecule has 3 heterocycles. The van der Waals surface area contributed by atoms with Gasteiger partial charge in [-0.15, -0.1) is 0 Å². The second-order valence-corrected chi connectivity index (χ2v) is 6.69. The fourth-order valence-corrected chi connectivity index (χ4v) is 3.04. The van der Waals surface area contributed by atoms with Gasteiger partial charge in [0, 0.05) is 24.2 Å². The third-order valence-electron chi connectivity index (χ3n) is 4.67. The Balaban J connectivity index is 2.14. The van der Waals surface area contributed by atoms with Crippen molar-refractivity contribution in [2.45, 2.75) is 33.2 Å². The highest BCUT2D eigenvalue weighted by atomic mass is 16.5. The van der Waals surface area contributed by atoms with Gasteiger partial charge in [0.25, 0.3) is 0 Å². The fraction of sp³-hybridized carbons (Fsp3) is 0.333. The molecule has 0 saturated carbocycles. The molecule has 1 atom stereocenters. The SMILES string of the molecule is CCOc1ncccc1-c1cc(NCC(N)=CC=N)c2c(cnn2C(C)CC)n1. The van der Waals surface area contributed by atoms with Crippen LogP contribution >= 0.6 is 0 Å². The Morgan fingerprint density at radius 1 is 1.41 bits per heavy atom. The monoisotopic (exact) mass is 393 g/mol. The van der Waals surface area contributed by atoms with E-state index in [1.54, 1.807) is 18.5 Å². The summed E-state index contributed by atoms with van der Waals surface area (Å²) in [6, 6.07) is 6.01. The van der Waals surface area contributed by atoms with Crippen molar-refractivity contribution < 1.29 is 4.74 Å². The lowest BCUT2D eigenvalue weighted by atomic mass is 10.1. The van der Waals surface area contributed by atoms with Gasteiger partial charge in [-0.05, 0) is 44.5 Å². The number of anilines is 1. The normalized spacial score (nSPS) is 12.7. The van der Waals surface area contributed by atoms with E-state index in [1.165, 1.54) is 6.21 Å². The molecule has 0 bridgehead atoms. The van der Waals surface area contributed by atoms with E-state index in [1.807, 2.05) is 29.8 Å². The number of ether oxygens (including phenoxy) is 1. The topological polar surface area (TPSA) is 115 Å². The summed E-state index contributed by atoms with van der Waals surface area (Å²) in [7, 11) is 0. The van der Waals surface area contributed by atoms with Crippen LogP contribution in [0.25, 0.3) is 22.3 Å². The summed E-state index contributed by atoms with van der Waals surface area (Å²) in [4.78, 5) is 9.17. The Morgan fingerprint density at radius 2 is 2.24 bits per heavy atom. The minimum absolute atomic E-state index is 0.229. The van der Waals surface area contributed by atoms with Crippen molar-refractivity contribution in [3.63, 3.8) is 0 Å². The van der Waals surface area contributed by atoms with Crippen molar-refractivity contribution in [3.05, 3.63) is 42.4 Å². The summed E-state index contributed by atoms with van der Waals surface area (Å²) in [6.45, 7) is 7.11. The van der Waals surface area contributed by atoms with Gasteiger partial charge in [-0.2, -0.15) is 5.10 Å². The van der Waals surface area contributed by atoms with Crippen molar-refractivity contribution in [1.29, 1.82) is 5.41 Å². The molecule has 8 heteroatoms. The molecule has 0 spiro atoms. The third kappa shape index (κ3) is 4.37. The van der Waals surface area contributed by atoms with Gasteiger partial charge in [-0.25, -0.2) is 9.97 Å². The first-order valence-corrected chi connectivity index (χ1v) is 9.74. The Hall–Kier alpha value is -3.42. The number of nitrogens with one attached hydrogen (secondary N) is 2. The molecule has 4 N–H and O–H groups in total. The lowest BCUT2D eigenvalue weighted by Gasteiger charge is -2.16. The molecule has 0 aliphatic heterocycles. The molecule has 152 valence electrons. The van der Waals surface area contributed by atoms with Crippen molar-refractivity contribution >= 4 is 22.9 Å². The predicted molar refractivity (Wildman–Crippen MR) is 116 cm³/mol. The van der Waals surface area contributed by atoms with Gasteiger partial charge in [-0.1, -0.05) is 6.92 Å². The standard InChI is InChI=1S/C21H27N7O/c1-4-14(3)28-20-18(25-12-15(23)8-9-22)11-17(27-19(20)13-26-28)16-7-6-10-24-21(16)29-5-2/h6-11,13-14,22H,4-5,12,23H2,1-3H3,(H,25,27). The first kappa shape index (κ1) is 20.3. The molecule has 0 fully saturated rings. The quantitative estimate of drug-likeness (QED) is 0.477. The Bertz CT molecular complexity index is 1030. The lowest BCUT2D eigenvalue weighted by Crippen LogP contribution is -2.14. The number of hydrogen-bond donors (Lipinski definition) is 3. The van der Waals surface area contributed by atoms with Gasteiger partial charge in [0.2, 0.25) is 5.88 Å². The zero-order valence-electron chi connectivity index (χ0n) is 17.0. The Labute approximate surface area is 170 Å². The van der Waals surface area contributed by atoms with Gasteiger partial charge in [0.05, 0.1) is 36.3 Å². The van der Waals surface area contributed by atoms with Crippen LogP contribution < -0.4 is 15.8 Å². The molecule has 3 aromatic rings. The number of allylic oxidation sites excluding steroid dienone is 1. The summed E-state index contributed by atoms with van der Waals surface area (Å²) in [6.07, 6.45) is 7.18. The van der Waals surface area contributed by atoms with E-state index in [0.29, 0.717) is 24.7 Å². The summed E-state index contributed by atoms with van der Waals surface area (Å²) in [5.41, 5.74) is 10.7. The number of nitrogens with zero attached hydrogens (tertiary/aromatic N) is 4. The second kappa shape index (κ2) is 9.18. The number of rotatable bonds is 9. The van der Waals surface area contributed by atoms with Gasteiger partial charge in [0.1, 0.15) is 11.0 Å². The lowest BCUT2D eigenvalue weighted by molar-refractivity contribution is 0.328. The van der Waals surface area contributed by atoms with Crippen LogP contribution in [-0.2, 0) is 0 Å². The van der Waals surface area contributed by atoms with Crippen LogP contribution in [0.3, 0.4) is 0 Å². The van der Waals surface area contributed by atoms with Crippen molar-refractivity contribution in [2.75, 3.05) is 18.5 Å². The molecule has 29 heavy (non-hydrogen) atoms. The molecule has 1 unspecified atom stereocenters. The number of pyridine rings is 2. The molecule has 3 rings (SSSR count). The highest BCUT2D eigenvalue weighted by Gasteiger charge is 2.17. The van der Waals surface area contributed by atoms with Crippen molar-refractivity contribution in [1.82, 2.24) is 19.7 Å². The number of aromatic nitrogens is 4. The van der Waals surface area contributed by atoms with Crippen molar-refractivity contribution in [3.8, 4) is 17.1 Å². The van der Waals surface area contributed by atoms with Crippen LogP contribution in [0.2, 0.25) is 0 Å². The van der Waals surface area contributed by atoms with Crippen LogP contribution in [0.5, 0.6) is 5.88 Å². The molecule has 0 radical (unpaired) electrons. The Kier molecular flexibility index (Phi) is 6.43. The minimum Gasteiger partial charge on any atom is -0.477 e. The number of fused-ring (bicyclic) bond motifs is 1. The van der Waals surface area contributed by atoms with Gasteiger partial charge >= 0.3 is 0 Å². The summed E-state index contributed by atoms with van der Waals surface area (Å²) in [5, 5.41) is 15.1. The van der Waals surface area contributed by atoms with E-state index in [-0.39, 0.29) is 6.04 Å². The summed E-state index contributed by atoms with van der Waals surface area (Å²) < 4.78 is 7.67. The van der Waals surface area contributed by atoms with Gasteiger partial charge in [0.15, 0.2) is 0 Å². The van der Waals surface area contributed by atoms with Crippen LogP contribution in [0.15, 0.2) is 42.4 Å². The molecular formula is C21H27N7O. The van der Waals surface area contributed by atoms with Gasteiger partial charge < -0.3 is 21.2 Å². The molecule has 0 amide bonds. The largest absolute Gasteiger partial charge is 0.477 e. The smallest absolute Gasteiger partial charge is 0.222 e. The van der Waals surface area contributed by atoms with Crippen LogP contribution in [0.4, 0.5) is 5.69 Å². The number of hydrogen-bond acceptors (Lipinski definition) is 7. The fourth-order valence-electron chi connectivity index (χ4n) is 3.04. The van der Waals surface area contributed by atoms with Gasteiger partial charge in [-0.3, -0.25) is 4.68 Å². The van der Waals surface area contributed by atoms with E-state index in [2.05, 4.69) is 29.2 Å². The molecule has 0 saturated heterocycles. The molecule has 0 aromatic carbocycles. The molecular weight excluding hydrogens is 366 g/mol. The maximum absolute atomic E-state index is 7.19. The maximum Gasteiger partial charge on any atom is 0.222 e. The second-order valence-electron chi connectivity index (χ2n) is 6.69. The first-order chi connectivity index (χ1) is 14.1. The zero-order valence-corrected chi connectivity index (χ0v) is 17.0. The maximum atomic E-state index is 7.19. The van der Waals surface area contributed by atoms with Crippen LogP contribution in [0.1, 0.15) is 33.2 Å². The predicted octanol–water partition coefficient (Wildman–Crippen LogP) is 3.77. The van der Waals surface area contributed by atoms with E-state index < -0.39 is 0 Å². The summed E-state index contributed by atoms with van der Waals surface area (Å²) in [5.74, 6) is 0.547.